The van der Waals surface area contributed by atoms with Crippen molar-refractivity contribution < 1.29 is 24.1 Å². The summed E-state index contributed by atoms with van der Waals surface area (Å²) >= 11 is 0. The van der Waals surface area contributed by atoms with Crippen molar-refractivity contribution in [2.45, 2.75) is 57.0 Å². The van der Waals surface area contributed by atoms with Gasteiger partial charge in [-0.05, 0) is 58.9 Å². The maximum Gasteiger partial charge on any atom is 0.407 e. The van der Waals surface area contributed by atoms with E-state index >= 15 is 0 Å². The van der Waals surface area contributed by atoms with Crippen LogP contribution in [0.15, 0.2) is 115 Å². The Bertz CT molecular complexity index is 2000. The summed E-state index contributed by atoms with van der Waals surface area (Å²) in [6, 6.07) is 32.3. The number of aromatic nitrogens is 2. The van der Waals surface area contributed by atoms with Gasteiger partial charge in [-0.25, -0.2) is 9.59 Å². The number of fused-ring (bicyclic) bond motifs is 1. The van der Waals surface area contributed by atoms with Crippen molar-refractivity contribution in [1.29, 1.82) is 0 Å². The molecular weight excluding hydrogens is 644 g/mol. The monoisotopic (exact) mass is 688 g/mol. The molecule has 2 aliphatic heterocycles. The van der Waals surface area contributed by atoms with E-state index in [4.69, 9.17) is 14.2 Å². The second-order valence-electron chi connectivity index (χ2n) is 13.3. The van der Waals surface area contributed by atoms with E-state index in [0.717, 1.165) is 76.9 Å². The first kappa shape index (κ1) is 34.4. The first-order valence-corrected chi connectivity index (χ1v) is 17.6. The quantitative estimate of drug-likeness (QED) is 0.131. The molecule has 1 aromatic heterocycles. The molecule has 7 rings (SSSR count). The van der Waals surface area contributed by atoms with Gasteiger partial charge in [0.1, 0.15) is 6.61 Å². The summed E-state index contributed by atoms with van der Waals surface area (Å²) in [5, 5.41) is 12.4. The van der Waals surface area contributed by atoms with Crippen LogP contribution < -0.4 is 11.0 Å². The molecule has 51 heavy (non-hydrogen) atoms. The lowest BCUT2D eigenvalue weighted by Gasteiger charge is -2.40. The van der Waals surface area contributed by atoms with Gasteiger partial charge in [-0.2, -0.15) is 0 Å². The Morgan fingerprint density at radius 3 is 2.45 bits per heavy atom. The average Bonchev–Trinajstić information content (AvgIpc) is 3.52. The van der Waals surface area contributed by atoms with Crippen LogP contribution in [-0.4, -0.2) is 58.0 Å². The number of para-hydroxylation sites is 2. The number of H-pyrrole nitrogens is 1. The summed E-state index contributed by atoms with van der Waals surface area (Å²) in [5.74, 6) is 0. The third-order valence-corrected chi connectivity index (χ3v) is 9.84. The number of aromatic amines is 1. The number of carbonyl (C=O) groups excluding carboxylic acids is 1. The molecule has 3 N–H and O–H groups in total. The van der Waals surface area contributed by atoms with Gasteiger partial charge < -0.3 is 34.5 Å². The highest BCUT2D eigenvalue weighted by Crippen LogP contribution is 2.39. The number of ether oxygens (including phenoxy) is 3. The van der Waals surface area contributed by atoms with Crippen LogP contribution in [0, 0.1) is 0 Å². The van der Waals surface area contributed by atoms with Crippen molar-refractivity contribution >= 4 is 17.1 Å². The Morgan fingerprint density at radius 1 is 0.922 bits per heavy atom. The molecule has 3 unspecified atom stereocenters. The molecule has 1 amide bonds. The molecule has 0 bridgehead atoms. The van der Waals surface area contributed by atoms with Crippen LogP contribution >= 0.6 is 0 Å². The minimum absolute atomic E-state index is 0.00513. The minimum Gasteiger partial charge on any atom is -0.445 e. The van der Waals surface area contributed by atoms with E-state index in [9.17, 15) is 14.7 Å². The lowest BCUT2D eigenvalue weighted by molar-refractivity contribution is -0.253. The number of rotatable bonds is 11. The van der Waals surface area contributed by atoms with Crippen LogP contribution in [0.5, 0.6) is 0 Å². The Morgan fingerprint density at radius 2 is 1.69 bits per heavy atom. The number of hydrogen-bond acceptors (Lipinski definition) is 7. The van der Waals surface area contributed by atoms with Gasteiger partial charge in [0.25, 0.3) is 0 Å². The van der Waals surface area contributed by atoms with Crippen molar-refractivity contribution in [3.63, 3.8) is 0 Å². The smallest absolute Gasteiger partial charge is 0.407 e. The highest BCUT2D eigenvalue weighted by atomic mass is 16.7. The number of aliphatic hydroxyl groups excluding tert-OH is 1. The maximum atomic E-state index is 12.8. The van der Waals surface area contributed by atoms with E-state index in [-0.39, 0.29) is 37.2 Å². The van der Waals surface area contributed by atoms with E-state index in [0.29, 0.717) is 13.0 Å². The number of nitrogens with zero attached hydrogens (tertiary/aromatic N) is 2. The number of aliphatic hydroxyl groups is 1. The fourth-order valence-corrected chi connectivity index (χ4v) is 7.17. The highest BCUT2D eigenvalue weighted by Gasteiger charge is 2.34. The van der Waals surface area contributed by atoms with Gasteiger partial charge in [-0.1, -0.05) is 91.5 Å². The molecule has 10 heteroatoms. The van der Waals surface area contributed by atoms with Crippen molar-refractivity contribution in [3.8, 4) is 11.1 Å². The van der Waals surface area contributed by atoms with Crippen molar-refractivity contribution in [3.05, 3.63) is 142 Å². The van der Waals surface area contributed by atoms with Crippen molar-refractivity contribution in [2.75, 3.05) is 26.2 Å². The molecule has 10 nitrogen and oxygen atoms in total. The predicted octanol–water partition coefficient (Wildman–Crippen LogP) is 6.78. The van der Waals surface area contributed by atoms with Crippen LogP contribution in [-0.2, 0) is 27.4 Å². The second-order valence-corrected chi connectivity index (χ2v) is 13.3. The fraction of sp³-hybridized carbons (Fsp3) is 0.317. The summed E-state index contributed by atoms with van der Waals surface area (Å²) in [6.07, 6.45) is 2.73. The number of benzene rings is 4. The lowest BCUT2D eigenvalue weighted by Crippen LogP contribution is -2.43. The number of carbonyl (C=O) groups is 1. The Hall–Kier alpha value is -5.00. The molecule has 2 fully saturated rings. The van der Waals surface area contributed by atoms with Gasteiger partial charge in [-0.3, -0.25) is 4.57 Å². The summed E-state index contributed by atoms with van der Waals surface area (Å²) in [6.45, 7) is 6.58. The molecule has 2 aliphatic rings. The number of amides is 1. The molecule has 3 atom stereocenters. The number of hydrogen-bond donors (Lipinski definition) is 3. The van der Waals surface area contributed by atoms with Gasteiger partial charge >= 0.3 is 11.8 Å². The normalized spacial score (nSPS) is 19.9. The third-order valence-electron chi connectivity index (χ3n) is 9.84. The molecule has 5 aromatic rings. The van der Waals surface area contributed by atoms with Crippen LogP contribution in [0.4, 0.5) is 4.79 Å². The van der Waals surface area contributed by atoms with E-state index in [1.165, 1.54) is 6.08 Å². The lowest BCUT2D eigenvalue weighted by atomic mass is 9.98. The zero-order valence-corrected chi connectivity index (χ0v) is 28.6. The summed E-state index contributed by atoms with van der Waals surface area (Å²) in [4.78, 5) is 30.2. The predicted molar refractivity (Wildman–Crippen MR) is 196 cm³/mol. The molecule has 0 spiro atoms. The molecular formula is C41H44N4O6. The first-order chi connectivity index (χ1) is 25.0. The van der Waals surface area contributed by atoms with Crippen LogP contribution in [0.3, 0.4) is 0 Å². The number of alkyl carbamates (subject to hydrolysis) is 1. The summed E-state index contributed by atoms with van der Waals surface area (Å²) in [5.41, 5.74) is 7.67. The molecule has 0 aliphatic carbocycles. The standard InChI is InChI=1S/C41H44N4O6/c1-2-22-49-41(48)42-25-29-6-5-7-33(23-29)30-14-16-32(17-15-30)39-50-35(24-38(51-39)31-12-10-28(27-46)11-13-31)26-44-20-18-34(19-21-44)45-37-9-4-3-8-36(37)43-40(45)47/h2-17,23,34-35,38-39,46H,1,18-22,24-27H2,(H,42,48)(H,43,47). The molecule has 0 saturated carbocycles. The van der Waals surface area contributed by atoms with Crippen LogP contribution in [0.25, 0.3) is 22.2 Å². The van der Waals surface area contributed by atoms with E-state index < -0.39 is 12.4 Å². The number of nitrogens with one attached hydrogen (secondary N) is 2. The fourth-order valence-electron chi connectivity index (χ4n) is 7.17. The van der Waals surface area contributed by atoms with Gasteiger partial charge in [-0.15, -0.1) is 0 Å². The van der Waals surface area contributed by atoms with E-state index in [2.05, 4.69) is 52.1 Å². The molecule has 264 valence electrons. The average molecular weight is 689 g/mol. The van der Waals surface area contributed by atoms with Crippen molar-refractivity contribution in [1.82, 2.24) is 19.8 Å². The zero-order valence-electron chi connectivity index (χ0n) is 28.6. The first-order valence-electron chi connectivity index (χ1n) is 17.6. The molecule has 3 heterocycles. The van der Waals surface area contributed by atoms with Crippen LogP contribution in [0.2, 0.25) is 0 Å². The SMILES string of the molecule is C=CCOC(=O)NCc1cccc(-c2ccc(C3OC(CN4CCC(n5c(=O)[nH]c6ccccc65)CC4)CC(c4ccc(CO)cc4)O3)cc2)c1. The molecule has 2 saturated heterocycles. The Labute approximate surface area is 297 Å². The Kier molecular flexibility index (Phi) is 10.7. The van der Waals surface area contributed by atoms with Crippen LogP contribution in [0.1, 0.15) is 60.0 Å². The third kappa shape index (κ3) is 8.16. The van der Waals surface area contributed by atoms with Crippen molar-refractivity contribution in [2.24, 2.45) is 0 Å². The highest BCUT2D eigenvalue weighted by molar-refractivity contribution is 5.75. The number of piperidine rings is 1. The maximum absolute atomic E-state index is 12.8. The number of likely N-dealkylation sites (tertiary alicyclic amines) is 1. The van der Waals surface area contributed by atoms with E-state index in [1.54, 1.807) is 0 Å². The minimum atomic E-state index is -0.556. The van der Waals surface area contributed by atoms with Gasteiger partial charge in [0, 0.05) is 44.2 Å². The largest absolute Gasteiger partial charge is 0.445 e. The van der Waals surface area contributed by atoms with Gasteiger partial charge in [0.2, 0.25) is 0 Å². The van der Waals surface area contributed by atoms with Gasteiger partial charge in [0.05, 0.1) is 29.8 Å². The number of imidazole rings is 1. The van der Waals surface area contributed by atoms with E-state index in [1.807, 2.05) is 71.3 Å². The van der Waals surface area contributed by atoms with Gasteiger partial charge in [0.15, 0.2) is 6.29 Å². The second kappa shape index (κ2) is 15.9. The summed E-state index contributed by atoms with van der Waals surface area (Å²) < 4.78 is 20.2. The zero-order chi connectivity index (χ0) is 35.2. The summed E-state index contributed by atoms with van der Waals surface area (Å²) in [7, 11) is 0. The Balaban J connectivity index is 1.04. The molecule has 0 radical (unpaired) electrons. The topological polar surface area (TPSA) is 118 Å². The molecule has 4 aromatic carbocycles.